The van der Waals surface area contributed by atoms with Crippen LogP contribution in [0.25, 0.3) is 0 Å². The van der Waals surface area contributed by atoms with E-state index in [9.17, 15) is 13.5 Å². The lowest BCUT2D eigenvalue weighted by molar-refractivity contribution is 0.365. The standard InChI is InChI=1S/C20H19N3O3S/c1-15-10-12-18(13-11-15)27(25,26)23-19-9-5-4-8-17(19)14-21-22-20(24)16-6-2-3-7-16/h2-14,22-24H,1H3. The highest BCUT2D eigenvalue weighted by atomic mass is 32.2. The minimum Gasteiger partial charge on any atom is -0.493 e. The van der Waals surface area contributed by atoms with Crippen molar-refractivity contribution in [2.24, 2.45) is 5.10 Å². The number of aliphatic hydroxyl groups is 1. The molecule has 0 heterocycles. The Labute approximate surface area is 158 Å². The quantitative estimate of drug-likeness (QED) is 0.405. The van der Waals surface area contributed by atoms with Crippen LogP contribution in [0.3, 0.4) is 0 Å². The molecule has 0 unspecified atom stereocenters. The predicted molar refractivity (Wildman–Crippen MR) is 107 cm³/mol. The number of rotatable bonds is 6. The Morgan fingerprint density at radius 2 is 1.70 bits per heavy atom. The summed E-state index contributed by atoms with van der Waals surface area (Å²) in [4.78, 5) is 0.181. The lowest BCUT2D eigenvalue weighted by Crippen LogP contribution is -2.14. The van der Waals surface area contributed by atoms with Gasteiger partial charge in [-0.25, -0.2) is 13.8 Å². The number of para-hydroxylation sites is 1. The number of allylic oxidation sites excluding steroid dienone is 5. The van der Waals surface area contributed by atoms with Gasteiger partial charge in [0.25, 0.3) is 10.0 Å². The van der Waals surface area contributed by atoms with Crippen molar-refractivity contribution in [2.75, 3.05) is 4.72 Å². The number of benzene rings is 2. The Bertz CT molecular complexity index is 1040. The number of aryl methyl sites for hydroxylation is 1. The second-order valence-corrected chi connectivity index (χ2v) is 7.58. The van der Waals surface area contributed by atoms with Crippen molar-refractivity contribution in [1.82, 2.24) is 5.43 Å². The molecule has 0 aliphatic heterocycles. The number of nitrogens with one attached hydrogen (secondary N) is 2. The molecule has 0 atom stereocenters. The van der Waals surface area contributed by atoms with E-state index in [1.54, 1.807) is 72.8 Å². The highest BCUT2D eigenvalue weighted by Crippen LogP contribution is 2.19. The zero-order valence-corrected chi connectivity index (χ0v) is 15.4. The second-order valence-electron chi connectivity index (χ2n) is 5.90. The van der Waals surface area contributed by atoms with E-state index in [4.69, 9.17) is 0 Å². The number of nitrogens with zero attached hydrogens (tertiary/aromatic N) is 1. The molecule has 27 heavy (non-hydrogen) atoms. The molecule has 2 aromatic rings. The van der Waals surface area contributed by atoms with Crippen molar-refractivity contribution >= 4 is 21.9 Å². The van der Waals surface area contributed by atoms with Gasteiger partial charge >= 0.3 is 0 Å². The molecule has 3 N–H and O–H groups in total. The third-order valence-electron chi connectivity index (χ3n) is 3.85. The van der Waals surface area contributed by atoms with Crippen LogP contribution in [-0.2, 0) is 10.0 Å². The molecule has 1 aliphatic rings. The average molecular weight is 381 g/mol. The van der Waals surface area contributed by atoms with Gasteiger partial charge in [0, 0.05) is 11.1 Å². The summed E-state index contributed by atoms with van der Waals surface area (Å²) in [5, 5.41) is 13.9. The number of aliphatic hydroxyl groups excluding tert-OH is 1. The van der Waals surface area contributed by atoms with Gasteiger partial charge < -0.3 is 5.11 Å². The maximum Gasteiger partial charge on any atom is 0.261 e. The molecule has 3 rings (SSSR count). The molecule has 6 nitrogen and oxygen atoms in total. The molecule has 0 spiro atoms. The highest BCUT2D eigenvalue weighted by Gasteiger charge is 2.15. The van der Waals surface area contributed by atoms with E-state index < -0.39 is 10.0 Å². The number of anilines is 1. The molecule has 138 valence electrons. The molecular weight excluding hydrogens is 362 g/mol. The lowest BCUT2D eigenvalue weighted by atomic mass is 10.2. The molecule has 0 radical (unpaired) electrons. The molecule has 0 saturated heterocycles. The Kier molecular flexibility index (Phi) is 5.42. The average Bonchev–Trinajstić information content (AvgIpc) is 3.18. The molecule has 0 aromatic heterocycles. The summed E-state index contributed by atoms with van der Waals surface area (Å²) >= 11 is 0. The fourth-order valence-electron chi connectivity index (χ4n) is 2.38. The first-order valence-corrected chi connectivity index (χ1v) is 9.69. The number of sulfonamides is 1. The van der Waals surface area contributed by atoms with Crippen LogP contribution in [0, 0.1) is 6.92 Å². The van der Waals surface area contributed by atoms with Crippen LogP contribution in [-0.4, -0.2) is 19.7 Å². The van der Waals surface area contributed by atoms with E-state index in [0.717, 1.165) is 5.56 Å². The lowest BCUT2D eigenvalue weighted by Gasteiger charge is -2.10. The highest BCUT2D eigenvalue weighted by molar-refractivity contribution is 7.92. The van der Waals surface area contributed by atoms with Crippen molar-refractivity contribution in [2.45, 2.75) is 11.8 Å². The summed E-state index contributed by atoms with van der Waals surface area (Å²) < 4.78 is 27.7. The topological polar surface area (TPSA) is 90.8 Å². The molecule has 1 aliphatic carbocycles. The zero-order valence-electron chi connectivity index (χ0n) is 14.6. The van der Waals surface area contributed by atoms with Crippen molar-refractivity contribution in [3.63, 3.8) is 0 Å². The molecule has 0 bridgehead atoms. The van der Waals surface area contributed by atoms with Crippen LogP contribution in [0.1, 0.15) is 11.1 Å². The number of hydrogen-bond acceptors (Lipinski definition) is 5. The minimum absolute atomic E-state index is 0.0889. The van der Waals surface area contributed by atoms with E-state index in [2.05, 4.69) is 15.2 Å². The molecule has 7 heteroatoms. The van der Waals surface area contributed by atoms with Gasteiger partial charge in [0.2, 0.25) is 5.88 Å². The number of hydrazone groups is 1. The van der Waals surface area contributed by atoms with Crippen LogP contribution in [0.15, 0.2) is 94.3 Å². The van der Waals surface area contributed by atoms with Gasteiger partial charge in [-0.1, -0.05) is 48.0 Å². The third kappa shape index (κ3) is 4.65. The fraction of sp³-hybridized carbons (Fsp3) is 0.0500. The molecule has 0 amide bonds. The van der Waals surface area contributed by atoms with E-state index >= 15 is 0 Å². The van der Waals surface area contributed by atoms with Gasteiger partial charge in [-0.05, 0) is 37.3 Å². The van der Waals surface area contributed by atoms with Crippen molar-refractivity contribution < 1.29 is 13.5 Å². The molecule has 0 saturated carbocycles. The Morgan fingerprint density at radius 1 is 1.04 bits per heavy atom. The van der Waals surface area contributed by atoms with Gasteiger partial charge in [0.15, 0.2) is 0 Å². The van der Waals surface area contributed by atoms with Gasteiger partial charge in [-0.15, -0.1) is 0 Å². The Balaban J connectivity index is 1.78. The maximum absolute atomic E-state index is 12.6. The van der Waals surface area contributed by atoms with Crippen LogP contribution in [0.4, 0.5) is 5.69 Å². The Hall–Kier alpha value is -3.32. The summed E-state index contributed by atoms with van der Waals surface area (Å²) in [6, 6.07) is 13.5. The van der Waals surface area contributed by atoms with Crippen LogP contribution >= 0.6 is 0 Å². The van der Waals surface area contributed by atoms with Crippen LogP contribution < -0.4 is 10.1 Å². The minimum atomic E-state index is -3.72. The normalized spacial score (nSPS) is 13.3. The first kappa shape index (κ1) is 18.5. The summed E-state index contributed by atoms with van der Waals surface area (Å²) in [5.41, 5.74) is 5.05. The molecule has 0 fully saturated rings. The molecular formula is C20H19N3O3S. The van der Waals surface area contributed by atoms with Crippen LogP contribution in [0.5, 0.6) is 0 Å². The molecule has 2 aromatic carbocycles. The van der Waals surface area contributed by atoms with E-state index in [1.807, 2.05) is 6.92 Å². The largest absolute Gasteiger partial charge is 0.493 e. The Morgan fingerprint density at radius 3 is 2.41 bits per heavy atom. The van der Waals surface area contributed by atoms with Gasteiger partial charge in [0.1, 0.15) is 0 Å². The summed E-state index contributed by atoms with van der Waals surface area (Å²) in [6.45, 7) is 1.89. The third-order valence-corrected chi connectivity index (χ3v) is 5.23. The van der Waals surface area contributed by atoms with Crippen molar-refractivity contribution in [3.8, 4) is 0 Å². The first-order chi connectivity index (χ1) is 13.0. The summed E-state index contributed by atoms with van der Waals surface area (Å²) in [7, 11) is -3.72. The van der Waals surface area contributed by atoms with Gasteiger partial charge in [0.05, 0.1) is 16.8 Å². The van der Waals surface area contributed by atoms with Gasteiger partial charge in [-0.3, -0.25) is 4.72 Å². The van der Waals surface area contributed by atoms with E-state index in [1.165, 1.54) is 6.21 Å². The van der Waals surface area contributed by atoms with E-state index in [0.29, 0.717) is 16.8 Å². The van der Waals surface area contributed by atoms with Crippen molar-refractivity contribution in [1.29, 1.82) is 0 Å². The smallest absolute Gasteiger partial charge is 0.261 e. The summed E-state index contributed by atoms with van der Waals surface area (Å²) in [5.74, 6) is -0.0889. The number of hydrogen-bond donors (Lipinski definition) is 3. The first-order valence-electron chi connectivity index (χ1n) is 8.21. The zero-order chi connectivity index (χ0) is 19.3. The van der Waals surface area contributed by atoms with Gasteiger partial charge in [-0.2, -0.15) is 5.10 Å². The van der Waals surface area contributed by atoms with Crippen molar-refractivity contribution in [3.05, 3.63) is 95.4 Å². The monoisotopic (exact) mass is 381 g/mol. The second kappa shape index (κ2) is 7.92. The SMILES string of the molecule is Cc1ccc(S(=O)(=O)Nc2ccccc2C=NNC(O)=C2C=CC=C2)cc1. The summed E-state index contributed by atoms with van der Waals surface area (Å²) in [6.07, 6.45) is 8.51. The fourth-order valence-corrected chi connectivity index (χ4v) is 3.47. The van der Waals surface area contributed by atoms with E-state index in [-0.39, 0.29) is 10.8 Å². The van der Waals surface area contributed by atoms with Crippen LogP contribution in [0.2, 0.25) is 0 Å². The predicted octanol–water partition coefficient (Wildman–Crippen LogP) is 3.61. The maximum atomic E-state index is 12.6.